The molecule has 2 N–H and O–H groups in total. The number of ether oxygens (including phenoxy) is 1. The summed E-state index contributed by atoms with van der Waals surface area (Å²) in [4.78, 5) is 15.0. The average Bonchev–Trinajstić information content (AvgIpc) is 2.85. The molecule has 3 atom stereocenters. The Labute approximate surface area is 131 Å². The Morgan fingerprint density at radius 2 is 2.36 bits per heavy atom. The van der Waals surface area contributed by atoms with Gasteiger partial charge in [-0.15, -0.1) is 0 Å². The van der Waals surface area contributed by atoms with Crippen LogP contribution in [0.4, 0.5) is 10.1 Å². The molecule has 0 saturated heterocycles. The molecule has 0 spiro atoms. The fourth-order valence-corrected chi connectivity index (χ4v) is 4.55. The molecule has 1 fully saturated rings. The largest absolute Gasteiger partial charge is 0.381 e. The molecular weight excluding hydrogens is 309 g/mol. The molecule has 0 aromatic heterocycles. The minimum Gasteiger partial charge on any atom is -0.381 e. The molecule has 1 aromatic carbocycles. The molecule has 1 aliphatic heterocycles. The zero-order chi connectivity index (χ0) is 15.9. The van der Waals surface area contributed by atoms with E-state index in [-0.39, 0.29) is 23.3 Å². The Morgan fingerprint density at radius 1 is 1.59 bits per heavy atom. The van der Waals surface area contributed by atoms with Crippen molar-refractivity contribution in [3.63, 3.8) is 0 Å². The van der Waals surface area contributed by atoms with Crippen LogP contribution in [0.5, 0.6) is 0 Å². The number of aliphatic imine (C=N–C) groups is 1. The lowest BCUT2D eigenvalue weighted by atomic mass is 9.80. The number of thioether (sulfide) groups is 1. The van der Waals surface area contributed by atoms with E-state index in [4.69, 9.17) is 10.5 Å². The maximum absolute atomic E-state index is 14.4. The number of hydrogen-bond acceptors (Lipinski definition) is 6. The van der Waals surface area contributed by atoms with E-state index in [1.54, 1.807) is 7.11 Å². The summed E-state index contributed by atoms with van der Waals surface area (Å²) in [5.41, 5.74) is 5.10. The Morgan fingerprint density at radius 3 is 3.05 bits per heavy atom. The molecule has 1 heterocycles. The molecule has 6 nitrogen and oxygen atoms in total. The minimum absolute atomic E-state index is 0.0497. The molecule has 2 aliphatic rings. The number of benzene rings is 1. The third-order valence-electron chi connectivity index (χ3n) is 4.52. The first-order valence-corrected chi connectivity index (χ1v) is 7.92. The van der Waals surface area contributed by atoms with Gasteiger partial charge in [0, 0.05) is 36.5 Å². The van der Waals surface area contributed by atoms with Crippen molar-refractivity contribution in [1.82, 2.24) is 0 Å². The topological polar surface area (TPSA) is 90.8 Å². The fourth-order valence-electron chi connectivity index (χ4n) is 3.48. The summed E-state index contributed by atoms with van der Waals surface area (Å²) in [5.74, 6) is 0.123. The smallest absolute Gasteiger partial charge is 0.270 e. The summed E-state index contributed by atoms with van der Waals surface area (Å²) < 4.78 is 19.9. The Kier molecular flexibility index (Phi) is 3.82. The second-order valence-corrected chi connectivity index (χ2v) is 6.57. The van der Waals surface area contributed by atoms with Gasteiger partial charge in [0.05, 0.1) is 16.6 Å². The zero-order valence-electron chi connectivity index (χ0n) is 12.0. The van der Waals surface area contributed by atoms with E-state index >= 15 is 0 Å². The highest BCUT2D eigenvalue weighted by molar-refractivity contribution is 8.13. The van der Waals surface area contributed by atoms with Crippen molar-refractivity contribution in [3.05, 3.63) is 39.7 Å². The molecule has 3 rings (SSSR count). The van der Waals surface area contributed by atoms with E-state index in [0.717, 1.165) is 18.6 Å². The Hall–Kier alpha value is -1.67. The summed E-state index contributed by atoms with van der Waals surface area (Å²) in [5, 5.41) is 11.4. The highest BCUT2D eigenvalue weighted by atomic mass is 32.2. The highest BCUT2D eigenvalue weighted by Gasteiger charge is 2.53. The average molecular weight is 325 g/mol. The monoisotopic (exact) mass is 325 g/mol. The van der Waals surface area contributed by atoms with Crippen LogP contribution in [-0.4, -0.2) is 29.1 Å². The SMILES string of the molecule is COC1CC[C@]2(c3cc([N+](=O)[O-])ccc3F)N=C(N)SC[C@H]12. The van der Waals surface area contributed by atoms with E-state index < -0.39 is 16.3 Å². The molecule has 0 bridgehead atoms. The maximum Gasteiger partial charge on any atom is 0.270 e. The molecule has 1 saturated carbocycles. The van der Waals surface area contributed by atoms with Crippen molar-refractivity contribution in [1.29, 1.82) is 0 Å². The van der Waals surface area contributed by atoms with Gasteiger partial charge in [0.15, 0.2) is 5.17 Å². The number of nitro groups is 1. The lowest BCUT2D eigenvalue weighted by Crippen LogP contribution is -2.41. The van der Waals surface area contributed by atoms with Gasteiger partial charge in [0.1, 0.15) is 5.82 Å². The van der Waals surface area contributed by atoms with E-state index in [9.17, 15) is 14.5 Å². The molecule has 1 unspecified atom stereocenters. The number of methoxy groups -OCH3 is 1. The highest BCUT2D eigenvalue weighted by Crippen LogP contribution is 2.52. The summed E-state index contributed by atoms with van der Waals surface area (Å²) in [7, 11) is 1.62. The number of non-ortho nitro benzene ring substituents is 1. The van der Waals surface area contributed by atoms with Gasteiger partial charge in [-0.05, 0) is 18.9 Å². The maximum atomic E-state index is 14.4. The summed E-state index contributed by atoms with van der Waals surface area (Å²) >= 11 is 1.41. The predicted octanol–water partition coefficient (Wildman–Crippen LogP) is 2.42. The van der Waals surface area contributed by atoms with Crippen molar-refractivity contribution in [2.45, 2.75) is 24.5 Å². The van der Waals surface area contributed by atoms with Gasteiger partial charge in [-0.25, -0.2) is 4.39 Å². The molecule has 1 aliphatic carbocycles. The van der Waals surface area contributed by atoms with Crippen LogP contribution < -0.4 is 5.73 Å². The van der Waals surface area contributed by atoms with E-state index in [0.29, 0.717) is 17.3 Å². The normalized spacial score (nSPS) is 30.7. The van der Waals surface area contributed by atoms with E-state index in [2.05, 4.69) is 4.99 Å². The number of fused-ring (bicyclic) bond motifs is 1. The van der Waals surface area contributed by atoms with Crippen LogP contribution in [0.3, 0.4) is 0 Å². The van der Waals surface area contributed by atoms with E-state index in [1.807, 2.05) is 0 Å². The van der Waals surface area contributed by atoms with Crippen molar-refractivity contribution < 1.29 is 14.1 Å². The lowest BCUT2D eigenvalue weighted by Gasteiger charge is -2.37. The van der Waals surface area contributed by atoms with Crippen LogP contribution in [0.15, 0.2) is 23.2 Å². The van der Waals surface area contributed by atoms with Crippen molar-refractivity contribution in [2.24, 2.45) is 16.6 Å². The predicted molar refractivity (Wildman–Crippen MR) is 82.3 cm³/mol. The first-order valence-electron chi connectivity index (χ1n) is 6.93. The van der Waals surface area contributed by atoms with Crippen LogP contribution in [0.25, 0.3) is 0 Å². The molecular formula is C14H16FN3O3S. The molecule has 22 heavy (non-hydrogen) atoms. The third-order valence-corrected chi connectivity index (χ3v) is 5.44. The number of rotatable bonds is 3. The molecule has 8 heteroatoms. The van der Waals surface area contributed by atoms with Gasteiger partial charge in [0.2, 0.25) is 0 Å². The first kappa shape index (κ1) is 15.2. The van der Waals surface area contributed by atoms with Crippen molar-refractivity contribution >= 4 is 22.6 Å². The Bertz CT molecular complexity index is 654. The lowest BCUT2D eigenvalue weighted by molar-refractivity contribution is -0.385. The first-order chi connectivity index (χ1) is 10.5. The molecule has 1 aromatic rings. The van der Waals surface area contributed by atoms with Gasteiger partial charge in [-0.2, -0.15) is 0 Å². The standard InChI is InChI=1S/C14H16FN3O3S/c1-21-12-4-5-14(10(12)7-22-13(16)17-14)9-6-8(18(19)20)2-3-11(9)15/h2-3,6,10,12H,4-5,7H2,1H3,(H2,16,17)/t10-,12?,14-/m1/s1. The van der Waals surface area contributed by atoms with Gasteiger partial charge in [0.25, 0.3) is 5.69 Å². The fraction of sp³-hybridized carbons (Fsp3) is 0.500. The number of halogens is 1. The van der Waals surface area contributed by atoms with Crippen LogP contribution in [0, 0.1) is 21.8 Å². The number of nitrogens with zero attached hydrogens (tertiary/aromatic N) is 2. The van der Waals surface area contributed by atoms with Gasteiger partial charge in [-0.3, -0.25) is 15.1 Å². The quantitative estimate of drug-likeness (QED) is 0.681. The summed E-state index contributed by atoms with van der Waals surface area (Å²) in [6, 6.07) is 3.58. The number of hydrogen-bond donors (Lipinski definition) is 1. The van der Waals surface area contributed by atoms with Crippen LogP contribution in [-0.2, 0) is 10.3 Å². The third kappa shape index (κ3) is 2.26. The number of amidine groups is 1. The number of nitro benzene ring substituents is 1. The zero-order valence-corrected chi connectivity index (χ0v) is 12.8. The van der Waals surface area contributed by atoms with E-state index in [1.165, 1.54) is 17.8 Å². The van der Waals surface area contributed by atoms with Crippen LogP contribution in [0.2, 0.25) is 0 Å². The van der Waals surface area contributed by atoms with Gasteiger partial charge in [-0.1, -0.05) is 11.8 Å². The summed E-state index contributed by atoms with van der Waals surface area (Å²) in [6.45, 7) is 0. The van der Waals surface area contributed by atoms with Crippen LogP contribution in [0.1, 0.15) is 18.4 Å². The molecule has 118 valence electrons. The molecule has 0 amide bonds. The minimum atomic E-state index is -0.869. The molecule has 0 radical (unpaired) electrons. The Balaban J connectivity index is 2.16. The van der Waals surface area contributed by atoms with Crippen LogP contribution >= 0.6 is 11.8 Å². The number of nitrogens with two attached hydrogens (primary N) is 1. The van der Waals surface area contributed by atoms with Crippen molar-refractivity contribution in [2.75, 3.05) is 12.9 Å². The second-order valence-electron chi connectivity index (χ2n) is 5.53. The van der Waals surface area contributed by atoms with Gasteiger partial charge < -0.3 is 10.5 Å². The second kappa shape index (κ2) is 5.51. The van der Waals surface area contributed by atoms with Gasteiger partial charge >= 0.3 is 0 Å². The summed E-state index contributed by atoms with van der Waals surface area (Å²) in [6.07, 6.45) is 1.24. The van der Waals surface area contributed by atoms with Crippen molar-refractivity contribution in [3.8, 4) is 0 Å².